The van der Waals surface area contributed by atoms with Crippen LogP contribution in [0.4, 0.5) is 5.69 Å². The number of hydrogen-bond acceptors (Lipinski definition) is 3. The molecular weight excluding hydrogens is 377 g/mol. The molecule has 1 atom stereocenters. The maximum Gasteiger partial charge on any atom is 0.0400 e. The lowest BCUT2D eigenvalue weighted by atomic mass is 9.95. The van der Waals surface area contributed by atoms with Gasteiger partial charge in [0.1, 0.15) is 0 Å². The first-order chi connectivity index (χ1) is 12.2. The van der Waals surface area contributed by atoms with E-state index in [1.54, 1.807) is 0 Å². The molecule has 2 aromatic rings. The van der Waals surface area contributed by atoms with E-state index in [1.165, 1.54) is 23.2 Å². The molecule has 27 heavy (non-hydrogen) atoms. The van der Waals surface area contributed by atoms with Crippen molar-refractivity contribution in [3.8, 4) is 0 Å². The maximum atomic E-state index is 3.52. The molecule has 0 radical (unpaired) electrons. The smallest absolute Gasteiger partial charge is 0.0400 e. The van der Waals surface area contributed by atoms with Crippen molar-refractivity contribution < 1.29 is 0 Å². The Morgan fingerprint density at radius 1 is 0.926 bits per heavy atom. The van der Waals surface area contributed by atoms with Crippen LogP contribution in [0.1, 0.15) is 37.4 Å². The lowest BCUT2D eigenvalue weighted by Crippen LogP contribution is -2.45. The zero-order valence-electron chi connectivity index (χ0n) is 16.4. The average molecular weight is 410 g/mol. The number of nitrogens with one attached hydrogen (secondary N) is 2. The molecule has 0 spiro atoms. The van der Waals surface area contributed by atoms with Gasteiger partial charge in [-0.15, -0.1) is 24.8 Å². The first kappa shape index (κ1) is 23.8. The minimum Gasteiger partial charge on any atom is -0.381 e. The molecule has 0 aromatic heterocycles. The number of rotatable bonds is 7. The Balaban J connectivity index is 0.00000182. The van der Waals surface area contributed by atoms with E-state index in [2.05, 4.69) is 84.0 Å². The van der Waals surface area contributed by atoms with Crippen molar-refractivity contribution in [1.29, 1.82) is 0 Å². The van der Waals surface area contributed by atoms with Crippen molar-refractivity contribution >= 4 is 30.5 Å². The van der Waals surface area contributed by atoms with Crippen LogP contribution in [0.5, 0.6) is 0 Å². The highest BCUT2D eigenvalue weighted by atomic mass is 35.5. The van der Waals surface area contributed by atoms with Gasteiger partial charge in [0.2, 0.25) is 0 Å². The summed E-state index contributed by atoms with van der Waals surface area (Å²) in [6.07, 6.45) is 1.22. The number of hydrogen-bond donors (Lipinski definition) is 2. The van der Waals surface area contributed by atoms with E-state index < -0.39 is 0 Å². The van der Waals surface area contributed by atoms with E-state index in [9.17, 15) is 0 Å². The van der Waals surface area contributed by atoms with Crippen LogP contribution in [0.3, 0.4) is 0 Å². The predicted octanol–water partition coefficient (Wildman–Crippen LogP) is 5.13. The Morgan fingerprint density at radius 2 is 1.56 bits per heavy atom. The molecule has 0 unspecified atom stereocenters. The van der Waals surface area contributed by atoms with Crippen molar-refractivity contribution in [3.05, 3.63) is 65.7 Å². The fourth-order valence-electron chi connectivity index (χ4n) is 3.56. The zero-order valence-corrected chi connectivity index (χ0v) is 18.0. The molecule has 1 heterocycles. The Kier molecular flexibility index (Phi) is 10.8. The molecule has 3 nitrogen and oxygen atoms in total. The topological polar surface area (TPSA) is 27.3 Å². The first-order valence-electron chi connectivity index (χ1n) is 9.55. The SMILES string of the molecule is CC(C)C[C@H](c1ccc(NCc2ccccc2)cc1)N1CCNCC1.Cl.Cl. The molecule has 1 aliphatic rings. The Hall–Kier alpha value is -1.26. The average Bonchev–Trinajstić information content (AvgIpc) is 2.66. The molecule has 0 amide bonds. The van der Waals surface area contributed by atoms with E-state index in [0.717, 1.165) is 32.7 Å². The van der Waals surface area contributed by atoms with E-state index in [4.69, 9.17) is 0 Å². The lowest BCUT2D eigenvalue weighted by molar-refractivity contribution is 0.154. The molecule has 0 aliphatic carbocycles. The van der Waals surface area contributed by atoms with Gasteiger partial charge in [0.05, 0.1) is 0 Å². The van der Waals surface area contributed by atoms with Crippen molar-refractivity contribution in [2.45, 2.75) is 32.9 Å². The third-order valence-corrected chi connectivity index (χ3v) is 4.92. The molecule has 150 valence electrons. The number of anilines is 1. The van der Waals surface area contributed by atoms with Crippen molar-refractivity contribution in [2.75, 3.05) is 31.5 Å². The third kappa shape index (κ3) is 7.34. The predicted molar refractivity (Wildman–Crippen MR) is 121 cm³/mol. The summed E-state index contributed by atoms with van der Waals surface area (Å²) in [6.45, 7) is 10.0. The van der Waals surface area contributed by atoms with E-state index in [0.29, 0.717) is 12.0 Å². The Morgan fingerprint density at radius 3 is 2.15 bits per heavy atom. The van der Waals surface area contributed by atoms with Gasteiger partial charge in [-0.2, -0.15) is 0 Å². The summed E-state index contributed by atoms with van der Waals surface area (Å²) < 4.78 is 0. The fraction of sp³-hybridized carbons (Fsp3) is 0.455. The van der Waals surface area contributed by atoms with E-state index >= 15 is 0 Å². The van der Waals surface area contributed by atoms with Gasteiger partial charge in [-0.1, -0.05) is 56.3 Å². The summed E-state index contributed by atoms with van der Waals surface area (Å²) in [5.41, 5.74) is 3.95. The molecule has 2 N–H and O–H groups in total. The van der Waals surface area contributed by atoms with Crippen LogP contribution >= 0.6 is 24.8 Å². The van der Waals surface area contributed by atoms with Crippen molar-refractivity contribution in [3.63, 3.8) is 0 Å². The molecule has 1 aliphatic heterocycles. The number of benzene rings is 2. The Labute approximate surface area is 176 Å². The summed E-state index contributed by atoms with van der Waals surface area (Å²) >= 11 is 0. The molecule has 2 aromatic carbocycles. The Bertz CT molecular complexity index is 626. The zero-order chi connectivity index (χ0) is 17.5. The van der Waals surface area contributed by atoms with Gasteiger partial charge in [0.15, 0.2) is 0 Å². The van der Waals surface area contributed by atoms with Gasteiger partial charge < -0.3 is 10.6 Å². The maximum absolute atomic E-state index is 3.52. The van der Waals surface area contributed by atoms with Gasteiger partial charge in [-0.25, -0.2) is 0 Å². The van der Waals surface area contributed by atoms with E-state index in [-0.39, 0.29) is 24.8 Å². The van der Waals surface area contributed by atoms with Crippen LogP contribution in [0.15, 0.2) is 54.6 Å². The fourth-order valence-corrected chi connectivity index (χ4v) is 3.56. The van der Waals surface area contributed by atoms with Gasteiger partial charge in [-0.05, 0) is 35.6 Å². The highest BCUT2D eigenvalue weighted by Crippen LogP contribution is 2.29. The molecule has 3 rings (SSSR count). The largest absolute Gasteiger partial charge is 0.381 e. The highest BCUT2D eigenvalue weighted by molar-refractivity contribution is 5.85. The summed E-state index contributed by atoms with van der Waals surface area (Å²) in [4.78, 5) is 2.64. The van der Waals surface area contributed by atoms with Gasteiger partial charge in [0, 0.05) is 44.5 Å². The second-order valence-corrected chi connectivity index (χ2v) is 7.39. The van der Waals surface area contributed by atoms with Crippen molar-refractivity contribution in [1.82, 2.24) is 10.2 Å². The van der Waals surface area contributed by atoms with Crippen LogP contribution < -0.4 is 10.6 Å². The van der Waals surface area contributed by atoms with Gasteiger partial charge in [0.25, 0.3) is 0 Å². The van der Waals surface area contributed by atoms with Crippen LogP contribution in [-0.4, -0.2) is 31.1 Å². The monoisotopic (exact) mass is 409 g/mol. The molecule has 0 saturated carbocycles. The molecular formula is C22H33Cl2N3. The summed E-state index contributed by atoms with van der Waals surface area (Å²) in [6, 6.07) is 20.2. The standard InChI is InChI=1S/C22H31N3.2ClH/c1-18(2)16-22(25-14-12-23-13-15-25)20-8-10-21(11-9-20)24-17-19-6-4-3-5-7-19;;/h3-11,18,22-24H,12-17H2,1-2H3;2*1H/t22-;;/m1../s1. The van der Waals surface area contributed by atoms with Crippen LogP contribution in [0.25, 0.3) is 0 Å². The van der Waals surface area contributed by atoms with Crippen LogP contribution in [0, 0.1) is 5.92 Å². The molecule has 0 bridgehead atoms. The van der Waals surface area contributed by atoms with Crippen LogP contribution in [-0.2, 0) is 6.54 Å². The number of halogens is 2. The van der Waals surface area contributed by atoms with Gasteiger partial charge in [-0.3, -0.25) is 4.90 Å². The van der Waals surface area contributed by atoms with Crippen molar-refractivity contribution in [2.24, 2.45) is 5.92 Å². The summed E-state index contributed by atoms with van der Waals surface area (Å²) in [5, 5.41) is 6.99. The summed E-state index contributed by atoms with van der Waals surface area (Å²) in [5.74, 6) is 0.704. The van der Waals surface area contributed by atoms with Crippen LogP contribution in [0.2, 0.25) is 0 Å². The molecule has 1 fully saturated rings. The normalized spacial score (nSPS) is 15.5. The van der Waals surface area contributed by atoms with E-state index in [1.807, 2.05) is 0 Å². The highest BCUT2D eigenvalue weighted by Gasteiger charge is 2.22. The minimum absolute atomic E-state index is 0. The second kappa shape index (κ2) is 12.2. The first-order valence-corrected chi connectivity index (χ1v) is 9.55. The number of piperazine rings is 1. The number of nitrogens with zero attached hydrogens (tertiary/aromatic N) is 1. The third-order valence-electron chi connectivity index (χ3n) is 4.92. The second-order valence-electron chi connectivity index (χ2n) is 7.39. The summed E-state index contributed by atoms with van der Waals surface area (Å²) in [7, 11) is 0. The molecule has 5 heteroatoms. The lowest BCUT2D eigenvalue weighted by Gasteiger charge is -2.36. The molecule has 1 saturated heterocycles. The minimum atomic E-state index is 0. The quantitative estimate of drug-likeness (QED) is 0.662. The van der Waals surface area contributed by atoms with Gasteiger partial charge >= 0.3 is 0 Å².